The molecule has 0 spiro atoms. The van der Waals surface area contributed by atoms with Gasteiger partial charge in [-0.3, -0.25) is 9.89 Å². The lowest BCUT2D eigenvalue weighted by Crippen LogP contribution is -2.31. The normalized spacial score (nSPS) is 11.8. The first kappa shape index (κ1) is 19.7. The summed E-state index contributed by atoms with van der Waals surface area (Å²) >= 11 is 6.16. The molecule has 0 aliphatic heterocycles. The van der Waals surface area contributed by atoms with Crippen molar-refractivity contribution >= 4 is 34.6 Å². The predicted molar refractivity (Wildman–Crippen MR) is 105 cm³/mol. The van der Waals surface area contributed by atoms with Gasteiger partial charge in [-0.05, 0) is 22.8 Å². The number of hydrogen-bond acceptors (Lipinski definition) is 5. The molecule has 1 unspecified atom stereocenters. The maximum absolute atomic E-state index is 12.3. The summed E-state index contributed by atoms with van der Waals surface area (Å²) in [6.07, 6.45) is 0.981. The van der Waals surface area contributed by atoms with E-state index in [-0.39, 0.29) is 18.9 Å². The number of aromatic nitrogens is 2. The summed E-state index contributed by atoms with van der Waals surface area (Å²) in [7, 11) is 1.30. The fraction of sp³-hybridized carbons (Fsp3) is 0.250. The minimum Gasteiger partial charge on any atom is -0.469 e. The molecule has 1 heterocycles. The first-order chi connectivity index (χ1) is 13.6. The molecule has 2 aromatic carbocycles. The lowest BCUT2D eigenvalue weighted by atomic mass is 9.96. The van der Waals surface area contributed by atoms with Crippen molar-refractivity contribution in [3.63, 3.8) is 0 Å². The number of ether oxygens (including phenoxy) is 2. The Hall–Kier alpha value is -3.06. The fourth-order valence-corrected chi connectivity index (χ4v) is 3.26. The summed E-state index contributed by atoms with van der Waals surface area (Å²) in [6.45, 7) is 0.126. The van der Waals surface area contributed by atoms with E-state index in [2.05, 4.69) is 15.5 Å². The van der Waals surface area contributed by atoms with Gasteiger partial charge in [-0.25, -0.2) is 4.79 Å². The highest BCUT2D eigenvalue weighted by atomic mass is 35.5. The van der Waals surface area contributed by atoms with Crippen molar-refractivity contribution in [2.24, 2.45) is 0 Å². The van der Waals surface area contributed by atoms with E-state index < -0.39 is 18.1 Å². The highest BCUT2D eigenvalue weighted by molar-refractivity contribution is 6.18. The minimum atomic E-state index is -0.649. The third-order valence-electron chi connectivity index (χ3n) is 4.38. The van der Waals surface area contributed by atoms with Crippen LogP contribution in [0.15, 0.2) is 48.7 Å². The summed E-state index contributed by atoms with van der Waals surface area (Å²) in [5, 5.41) is 10.5. The van der Waals surface area contributed by atoms with Crippen molar-refractivity contribution in [2.45, 2.75) is 24.9 Å². The average molecular weight is 402 g/mol. The second-order valence-electron chi connectivity index (χ2n) is 6.14. The van der Waals surface area contributed by atoms with E-state index in [1.165, 1.54) is 7.11 Å². The Morgan fingerprint density at radius 2 is 2.00 bits per heavy atom. The van der Waals surface area contributed by atoms with Crippen LogP contribution in [0, 0.1) is 0 Å². The molecule has 0 aliphatic carbocycles. The molecule has 8 heteroatoms. The van der Waals surface area contributed by atoms with Gasteiger partial charge in [0.15, 0.2) is 0 Å². The molecule has 1 amide bonds. The van der Waals surface area contributed by atoms with E-state index in [1.807, 2.05) is 42.5 Å². The molecule has 0 fully saturated rings. The van der Waals surface area contributed by atoms with Gasteiger partial charge in [0.2, 0.25) is 0 Å². The standard InChI is InChI=1S/C20H20ClN3O4/c1-27-19(25)9-18(23-20(26)28-12-13-5-3-2-4-6-13)14-7-8-17-16(11-22-24-17)15(14)10-21/h2-8,11,18H,9-10,12H2,1H3,(H,22,24)(H,23,26). The molecule has 1 atom stereocenters. The Morgan fingerprint density at radius 1 is 1.21 bits per heavy atom. The number of nitrogens with zero attached hydrogens (tertiary/aromatic N) is 1. The van der Waals surface area contributed by atoms with Crippen LogP contribution in [0.3, 0.4) is 0 Å². The Bertz CT molecular complexity index is 958. The number of methoxy groups -OCH3 is 1. The first-order valence-electron chi connectivity index (χ1n) is 8.67. The van der Waals surface area contributed by atoms with E-state index in [0.717, 1.165) is 22.0 Å². The molecule has 0 saturated carbocycles. The molecule has 3 aromatic rings. The number of carbonyl (C=O) groups excluding carboxylic acids is 2. The molecule has 0 radical (unpaired) electrons. The number of rotatable bonds is 7. The Morgan fingerprint density at radius 3 is 2.71 bits per heavy atom. The number of alkyl carbamates (subject to hydrolysis) is 1. The zero-order chi connectivity index (χ0) is 19.9. The zero-order valence-corrected chi connectivity index (χ0v) is 16.0. The SMILES string of the molecule is COC(=O)CC(NC(=O)OCc1ccccc1)c1ccc2[nH]ncc2c1CCl. The number of benzene rings is 2. The Balaban J connectivity index is 1.81. The molecular weight excluding hydrogens is 382 g/mol. The molecule has 1 aromatic heterocycles. The maximum Gasteiger partial charge on any atom is 0.407 e. The molecule has 3 rings (SSSR count). The number of hydrogen-bond donors (Lipinski definition) is 2. The van der Waals surface area contributed by atoms with Gasteiger partial charge in [-0.15, -0.1) is 11.6 Å². The van der Waals surface area contributed by atoms with E-state index in [1.54, 1.807) is 6.20 Å². The molecule has 2 N–H and O–H groups in total. The third-order valence-corrected chi connectivity index (χ3v) is 4.65. The maximum atomic E-state index is 12.3. The van der Waals surface area contributed by atoms with Crippen LogP contribution in [0.5, 0.6) is 0 Å². The number of nitrogens with one attached hydrogen (secondary N) is 2. The fourth-order valence-electron chi connectivity index (χ4n) is 2.96. The zero-order valence-electron chi connectivity index (χ0n) is 15.3. The number of carbonyl (C=O) groups is 2. The molecular formula is C20H20ClN3O4. The molecule has 28 heavy (non-hydrogen) atoms. The largest absolute Gasteiger partial charge is 0.469 e. The van der Waals surface area contributed by atoms with Gasteiger partial charge in [0.05, 0.1) is 31.3 Å². The van der Waals surface area contributed by atoms with Crippen LogP contribution in [0.25, 0.3) is 10.9 Å². The molecule has 146 valence electrons. The average Bonchev–Trinajstić information content (AvgIpc) is 3.20. The summed E-state index contributed by atoms with van der Waals surface area (Å²) in [4.78, 5) is 24.2. The second kappa shape index (κ2) is 9.23. The summed E-state index contributed by atoms with van der Waals surface area (Å²) in [5.41, 5.74) is 3.18. The number of fused-ring (bicyclic) bond motifs is 1. The number of alkyl halides is 1. The van der Waals surface area contributed by atoms with E-state index in [4.69, 9.17) is 21.1 Å². The topological polar surface area (TPSA) is 93.3 Å². The van der Waals surface area contributed by atoms with Crippen LogP contribution in [0.1, 0.15) is 29.2 Å². The lowest BCUT2D eigenvalue weighted by molar-refractivity contribution is -0.141. The number of halogens is 1. The Kier molecular flexibility index (Phi) is 6.49. The van der Waals surface area contributed by atoms with Crippen LogP contribution in [-0.2, 0) is 26.8 Å². The van der Waals surface area contributed by atoms with Gasteiger partial charge in [-0.2, -0.15) is 5.10 Å². The van der Waals surface area contributed by atoms with Crippen LogP contribution in [0.2, 0.25) is 0 Å². The van der Waals surface area contributed by atoms with Crippen LogP contribution in [0.4, 0.5) is 4.79 Å². The summed E-state index contributed by atoms with van der Waals surface area (Å²) < 4.78 is 10.1. The van der Waals surface area contributed by atoms with Crippen LogP contribution >= 0.6 is 11.6 Å². The molecule has 0 saturated heterocycles. The monoisotopic (exact) mass is 401 g/mol. The van der Waals surface area contributed by atoms with E-state index >= 15 is 0 Å². The van der Waals surface area contributed by atoms with Gasteiger partial charge in [-0.1, -0.05) is 36.4 Å². The third kappa shape index (κ3) is 4.61. The number of amides is 1. The lowest BCUT2D eigenvalue weighted by Gasteiger charge is -2.21. The van der Waals surface area contributed by atoms with Gasteiger partial charge < -0.3 is 14.8 Å². The molecule has 0 aliphatic rings. The molecule has 7 nitrogen and oxygen atoms in total. The van der Waals surface area contributed by atoms with E-state index in [9.17, 15) is 9.59 Å². The summed E-state index contributed by atoms with van der Waals surface area (Å²) in [6, 6.07) is 12.3. The first-order valence-corrected chi connectivity index (χ1v) is 9.20. The van der Waals surface area contributed by atoms with Crippen molar-refractivity contribution in [1.82, 2.24) is 15.5 Å². The van der Waals surface area contributed by atoms with Gasteiger partial charge in [0.25, 0.3) is 0 Å². The smallest absolute Gasteiger partial charge is 0.407 e. The van der Waals surface area contributed by atoms with Gasteiger partial charge >= 0.3 is 12.1 Å². The van der Waals surface area contributed by atoms with Crippen LogP contribution < -0.4 is 5.32 Å². The van der Waals surface area contributed by atoms with Gasteiger partial charge in [0.1, 0.15) is 6.61 Å². The highest BCUT2D eigenvalue weighted by Crippen LogP contribution is 2.29. The van der Waals surface area contributed by atoms with Crippen molar-refractivity contribution < 1.29 is 19.1 Å². The van der Waals surface area contributed by atoms with Crippen molar-refractivity contribution in [2.75, 3.05) is 7.11 Å². The second-order valence-corrected chi connectivity index (χ2v) is 6.40. The van der Waals surface area contributed by atoms with Crippen LogP contribution in [-0.4, -0.2) is 29.4 Å². The van der Waals surface area contributed by atoms with Crippen molar-refractivity contribution in [1.29, 1.82) is 0 Å². The van der Waals surface area contributed by atoms with Crippen molar-refractivity contribution in [3.8, 4) is 0 Å². The highest BCUT2D eigenvalue weighted by Gasteiger charge is 2.23. The quantitative estimate of drug-likeness (QED) is 0.463. The summed E-state index contributed by atoms with van der Waals surface area (Å²) in [5.74, 6) is -0.258. The van der Waals surface area contributed by atoms with Gasteiger partial charge in [0, 0.05) is 11.3 Å². The van der Waals surface area contributed by atoms with E-state index in [0.29, 0.717) is 5.56 Å². The number of aromatic amines is 1. The predicted octanol–water partition coefficient (Wildman–Crippen LogP) is 3.83. The molecule has 0 bridgehead atoms. The number of esters is 1. The Labute approximate surface area is 167 Å². The minimum absolute atomic E-state index is 0.0514. The van der Waals surface area contributed by atoms with Crippen molar-refractivity contribution in [3.05, 3.63) is 65.4 Å². The number of H-pyrrole nitrogens is 1.